The first kappa shape index (κ1) is 13.6. The molecule has 5 nitrogen and oxygen atoms in total. The lowest BCUT2D eigenvalue weighted by molar-refractivity contribution is -0.143. The molecule has 0 aliphatic heterocycles. The molecule has 0 bridgehead atoms. The molecule has 0 aliphatic carbocycles. The number of nitrogens with zero attached hydrogens (tertiary/aromatic N) is 2. The van der Waals surface area contributed by atoms with E-state index in [-0.39, 0.29) is 23.4 Å². The molecular formula is C12H13ClFN3O2. The summed E-state index contributed by atoms with van der Waals surface area (Å²) in [6.07, 6.45) is 0.165. The first-order valence-electron chi connectivity index (χ1n) is 5.79. The number of nitrogen functional groups attached to an aromatic ring is 1. The van der Waals surface area contributed by atoms with E-state index in [2.05, 4.69) is 4.98 Å². The molecule has 0 aliphatic rings. The molecular weight excluding hydrogens is 273 g/mol. The second-order valence-electron chi connectivity index (χ2n) is 3.93. The Balaban J connectivity index is 2.30. The van der Waals surface area contributed by atoms with E-state index < -0.39 is 5.82 Å². The highest BCUT2D eigenvalue weighted by Crippen LogP contribution is 2.24. The van der Waals surface area contributed by atoms with Crippen molar-refractivity contribution >= 4 is 34.6 Å². The zero-order valence-corrected chi connectivity index (χ0v) is 11.1. The number of halogens is 2. The molecule has 0 atom stereocenters. The fourth-order valence-electron chi connectivity index (χ4n) is 1.81. The number of fused-ring (bicyclic) bond motifs is 1. The van der Waals surface area contributed by atoms with Crippen molar-refractivity contribution in [2.45, 2.75) is 19.9 Å². The molecule has 0 radical (unpaired) electrons. The van der Waals surface area contributed by atoms with Crippen LogP contribution in [-0.4, -0.2) is 22.1 Å². The van der Waals surface area contributed by atoms with Crippen molar-refractivity contribution in [1.29, 1.82) is 0 Å². The van der Waals surface area contributed by atoms with Crippen LogP contribution >= 0.6 is 11.6 Å². The van der Waals surface area contributed by atoms with Gasteiger partial charge < -0.3 is 15.0 Å². The smallest absolute Gasteiger partial charge is 0.307 e. The van der Waals surface area contributed by atoms with Crippen LogP contribution in [0.1, 0.15) is 13.3 Å². The Morgan fingerprint density at radius 1 is 1.58 bits per heavy atom. The molecule has 0 saturated carbocycles. The molecule has 102 valence electrons. The minimum atomic E-state index is -0.552. The third-order valence-electron chi connectivity index (χ3n) is 2.66. The molecule has 1 heterocycles. The zero-order valence-electron chi connectivity index (χ0n) is 10.3. The molecule has 0 unspecified atom stereocenters. The third kappa shape index (κ3) is 2.78. The number of carbonyl (C=O) groups excluding carboxylic acids is 1. The van der Waals surface area contributed by atoms with Gasteiger partial charge in [0.1, 0.15) is 5.82 Å². The molecule has 0 fully saturated rings. The van der Waals surface area contributed by atoms with Gasteiger partial charge in [0.05, 0.1) is 29.1 Å². The van der Waals surface area contributed by atoms with E-state index in [4.69, 9.17) is 22.1 Å². The molecule has 2 rings (SSSR count). The van der Waals surface area contributed by atoms with Gasteiger partial charge in [-0.1, -0.05) is 11.6 Å². The van der Waals surface area contributed by atoms with Gasteiger partial charge in [-0.25, -0.2) is 9.37 Å². The molecule has 0 spiro atoms. The average molecular weight is 286 g/mol. The lowest BCUT2D eigenvalue weighted by atomic mass is 10.3. The van der Waals surface area contributed by atoms with Gasteiger partial charge in [0.25, 0.3) is 0 Å². The lowest BCUT2D eigenvalue weighted by Gasteiger charge is -2.06. The van der Waals surface area contributed by atoms with Crippen LogP contribution in [0.4, 0.5) is 10.3 Å². The fourth-order valence-corrected chi connectivity index (χ4v) is 1.97. The largest absolute Gasteiger partial charge is 0.466 e. The highest BCUT2D eigenvalue weighted by atomic mass is 35.5. The van der Waals surface area contributed by atoms with Crippen LogP contribution in [-0.2, 0) is 16.1 Å². The Kier molecular flexibility index (Phi) is 3.90. The Morgan fingerprint density at radius 2 is 2.32 bits per heavy atom. The van der Waals surface area contributed by atoms with Crippen molar-refractivity contribution in [3.63, 3.8) is 0 Å². The van der Waals surface area contributed by atoms with Crippen LogP contribution < -0.4 is 5.73 Å². The summed E-state index contributed by atoms with van der Waals surface area (Å²) in [4.78, 5) is 15.4. The highest BCUT2D eigenvalue weighted by molar-refractivity contribution is 6.31. The number of esters is 1. The Bertz CT molecular complexity index is 627. The van der Waals surface area contributed by atoms with Crippen LogP contribution in [0.2, 0.25) is 5.02 Å². The molecule has 0 saturated heterocycles. The van der Waals surface area contributed by atoms with Crippen LogP contribution in [0.3, 0.4) is 0 Å². The lowest BCUT2D eigenvalue weighted by Crippen LogP contribution is -2.10. The molecule has 2 aromatic rings. The van der Waals surface area contributed by atoms with E-state index in [0.717, 1.165) is 0 Å². The van der Waals surface area contributed by atoms with Gasteiger partial charge in [0.15, 0.2) is 0 Å². The third-order valence-corrected chi connectivity index (χ3v) is 2.95. The van der Waals surface area contributed by atoms with Gasteiger partial charge in [-0.05, 0) is 13.0 Å². The first-order chi connectivity index (χ1) is 9.02. The van der Waals surface area contributed by atoms with E-state index in [0.29, 0.717) is 24.2 Å². The molecule has 0 amide bonds. The van der Waals surface area contributed by atoms with Crippen molar-refractivity contribution in [2.24, 2.45) is 0 Å². The quantitative estimate of drug-likeness (QED) is 0.876. The van der Waals surface area contributed by atoms with Crippen molar-refractivity contribution in [3.8, 4) is 0 Å². The van der Waals surface area contributed by atoms with Crippen molar-refractivity contribution in [2.75, 3.05) is 12.3 Å². The molecule has 1 aromatic carbocycles. The average Bonchev–Trinajstić information content (AvgIpc) is 2.63. The molecule has 19 heavy (non-hydrogen) atoms. The van der Waals surface area contributed by atoms with Crippen LogP contribution in [0, 0.1) is 5.82 Å². The number of hydrogen-bond acceptors (Lipinski definition) is 4. The van der Waals surface area contributed by atoms with Crippen molar-refractivity contribution in [3.05, 3.63) is 23.0 Å². The summed E-state index contributed by atoms with van der Waals surface area (Å²) in [6, 6.07) is 2.66. The Labute approximate surface area is 114 Å². The van der Waals surface area contributed by atoms with E-state index in [1.54, 1.807) is 11.5 Å². The number of aromatic nitrogens is 2. The zero-order chi connectivity index (χ0) is 14.0. The second-order valence-corrected chi connectivity index (χ2v) is 4.34. The number of imidazole rings is 1. The number of hydrogen-bond donors (Lipinski definition) is 1. The summed E-state index contributed by atoms with van der Waals surface area (Å²) in [5.41, 5.74) is 6.74. The van der Waals surface area contributed by atoms with Gasteiger partial charge in [-0.3, -0.25) is 4.79 Å². The number of ether oxygens (including phenoxy) is 1. The van der Waals surface area contributed by atoms with Crippen LogP contribution in [0.5, 0.6) is 0 Å². The summed E-state index contributed by atoms with van der Waals surface area (Å²) < 4.78 is 19.8. The summed E-state index contributed by atoms with van der Waals surface area (Å²) in [7, 11) is 0. The predicted octanol–water partition coefficient (Wildman–Crippen LogP) is 2.36. The maximum Gasteiger partial charge on any atom is 0.307 e. The maximum atomic E-state index is 13.3. The van der Waals surface area contributed by atoms with Gasteiger partial charge >= 0.3 is 5.97 Å². The number of rotatable bonds is 4. The minimum absolute atomic E-state index is 0.00946. The van der Waals surface area contributed by atoms with E-state index in [1.165, 1.54) is 12.1 Å². The first-order valence-corrected chi connectivity index (χ1v) is 6.17. The van der Waals surface area contributed by atoms with Gasteiger partial charge in [0.2, 0.25) is 5.95 Å². The highest BCUT2D eigenvalue weighted by Gasteiger charge is 2.13. The SMILES string of the molecule is CCOC(=O)CCn1c(N)nc2cc(F)c(Cl)cc21. The number of anilines is 1. The predicted molar refractivity (Wildman–Crippen MR) is 70.4 cm³/mol. The van der Waals surface area contributed by atoms with Crippen molar-refractivity contribution in [1.82, 2.24) is 9.55 Å². The summed E-state index contributed by atoms with van der Waals surface area (Å²) >= 11 is 5.73. The van der Waals surface area contributed by atoms with Crippen LogP contribution in [0.15, 0.2) is 12.1 Å². The summed E-state index contributed by atoms with van der Waals surface area (Å²) in [5, 5.41) is -0.00946. The standard InChI is InChI=1S/C12H13ClFN3O2/c1-2-19-11(18)3-4-17-10-5-7(13)8(14)6-9(10)16-12(17)15/h5-6H,2-4H2,1H3,(H2,15,16). The monoisotopic (exact) mass is 285 g/mol. The summed E-state index contributed by atoms with van der Waals surface area (Å²) in [6.45, 7) is 2.38. The second kappa shape index (κ2) is 5.44. The number of aryl methyl sites for hydroxylation is 1. The van der Waals surface area contributed by atoms with Gasteiger partial charge in [-0.2, -0.15) is 0 Å². The fraction of sp³-hybridized carbons (Fsp3) is 0.333. The topological polar surface area (TPSA) is 70.1 Å². The van der Waals surface area contributed by atoms with Gasteiger partial charge in [-0.15, -0.1) is 0 Å². The summed E-state index contributed by atoms with van der Waals surface area (Å²) in [5.74, 6) is -0.665. The van der Waals surface area contributed by atoms with E-state index in [1.807, 2.05) is 0 Å². The van der Waals surface area contributed by atoms with Crippen molar-refractivity contribution < 1.29 is 13.9 Å². The molecule has 1 aromatic heterocycles. The Morgan fingerprint density at radius 3 is 3.00 bits per heavy atom. The van der Waals surface area contributed by atoms with E-state index >= 15 is 0 Å². The minimum Gasteiger partial charge on any atom is -0.466 e. The molecule has 2 N–H and O–H groups in total. The Hall–Kier alpha value is -1.82. The maximum absolute atomic E-state index is 13.3. The van der Waals surface area contributed by atoms with Crippen LogP contribution in [0.25, 0.3) is 11.0 Å². The number of nitrogens with two attached hydrogens (primary N) is 1. The number of benzene rings is 1. The molecule has 7 heteroatoms. The van der Waals surface area contributed by atoms with Gasteiger partial charge in [0, 0.05) is 12.6 Å². The number of carbonyl (C=O) groups is 1. The normalized spacial score (nSPS) is 10.9. The van der Waals surface area contributed by atoms with E-state index in [9.17, 15) is 9.18 Å².